The maximum Gasteiger partial charge on any atom is 0.417 e. The first-order chi connectivity index (χ1) is 9.30. The molecule has 2 aromatic rings. The molecule has 0 N–H and O–H groups in total. The van der Waals surface area contributed by atoms with Crippen LogP contribution in [0, 0.1) is 9.39 Å². The predicted octanol–water partition coefficient (Wildman–Crippen LogP) is 4.68. The fraction of sp³-hybridized carbons (Fsp3) is 0.0714. The quantitative estimate of drug-likeness (QED) is 0.411. The van der Waals surface area contributed by atoms with E-state index in [1.807, 2.05) is 0 Å². The Morgan fingerprint density at radius 2 is 1.65 bits per heavy atom. The minimum atomic E-state index is -4.61. The van der Waals surface area contributed by atoms with Gasteiger partial charge in [-0.15, -0.1) is 0 Å². The molecule has 0 fully saturated rings. The first-order valence-electron chi connectivity index (χ1n) is 5.46. The molecule has 104 valence electrons. The van der Waals surface area contributed by atoms with Gasteiger partial charge in [0.1, 0.15) is 5.82 Å². The van der Waals surface area contributed by atoms with E-state index in [1.54, 1.807) is 22.6 Å². The van der Waals surface area contributed by atoms with Crippen LogP contribution in [0.4, 0.5) is 17.6 Å². The fourth-order valence-corrected chi connectivity index (χ4v) is 2.47. The van der Waals surface area contributed by atoms with Gasteiger partial charge in [0.2, 0.25) is 0 Å². The van der Waals surface area contributed by atoms with Gasteiger partial charge in [0, 0.05) is 14.7 Å². The van der Waals surface area contributed by atoms with Gasteiger partial charge in [-0.25, -0.2) is 4.39 Å². The third-order valence-electron chi connectivity index (χ3n) is 2.65. The largest absolute Gasteiger partial charge is 0.417 e. The van der Waals surface area contributed by atoms with Crippen molar-refractivity contribution in [2.45, 2.75) is 6.18 Å². The van der Waals surface area contributed by atoms with E-state index in [1.165, 1.54) is 18.2 Å². The van der Waals surface area contributed by atoms with Crippen molar-refractivity contribution in [2.24, 2.45) is 0 Å². The summed E-state index contributed by atoms with van der Waals surface area (Å²) in [4.78, 5) is 12.2. The standard InChI is InChI=1S/C14H7F4IO/c15-8-5-6-10(12(19)7-8)13(20)9-3-1-2-4-11(9)14(16,17)18/h1-7H. The normalized spacial score (nSPS) is 11.4. The number of benzene rings is 2. The zero-order valence-corrected chi connectivity index (χ0v) is 12.0. The lowest BCUT2D eigenvalue weighted by Gasteiger charge is -2.12. The minimum absolute atomic E-state index is 0.0451. The van der Waals surface area contributed by atoms with Gasteiger partial charge in [0.15, 0.2) is 5.78 Å². The molecule has 1 nitrogen and oxygen atoms in total. The van der Waals surface area contributed by atoms with Crippen molar-refractivity contribution in [1.82, 2.24) is 0 Å². The van der Waals surface area contributed by atoms with Crippen molar-refractivity contribution in [1.29, 1.82) is 0 Å². The van der Waals surface area contributed by atoms with Crippen LogP contribution < -0.4 is 0 Å². The zero-order chi connectivity index (χ0) is 14.9. The highest BCUT2D eigenvalue weighted by Gasteiger charge is 2.35. The summed E-state index contributed by atoms with van der Waals surface area (Å²) >= 11 is 1.72. The third-order valence-corrected chi connectivity index (χ3v) is 3.55. The number of rotatable bonds is 2. The maximum atomic E-state index is 13.0. The van der Waals surface area contributed by atoms with Crippen LogP contribution in [0.15, 0.2) is 42.5 Å². The van der Waals surface area contributed by atoms with Gasteiger partial charge < -0.3 is 0 Å². The van der Waals surface area contributed by atoms with Crippen LogP contribution in [-0.2, 0) is 6.18 Å². The second-order valence-electron chi connectivity index (χ2n) is 4.00. The molecule has 0 aromatic heterocycles. The molecule has 0 saturated carbocycles. The molecule has 2 rings (SSSR count). The summed E-state index contributed by atoms with van der Waals surface area (Å²) in [5, 5.41) is 0. The first kappa shape index (κ1) is 15.0. The van der Waals surface area contributed by atoms with Crippen LogP contribution in [0.5, 0.6) is 0 Å². The minimum Gasteiger partial charge on any atom is -0.289 e. The molecule has 0 aliphatic rings. The van der Waals surface area contributed by atoms with Gasteiger partial charge in [0.25, 0.3) is 0 Å². The molecule has 0 heterocycles. The lowest BCUT2D eigenvalue weighted by atomic mass is 9.98. The van der Waals surface area contributed by atoms with Crippen molar-refractivity contribution in [2.75, 3.05) is 0 Å². The number of carbonyl (C=O) groups is 1. The number of hydrogen-bond donors (Lipinski definition) is 0. The molecular weight excluding hydrogens is 387 g/mol. The molecule has 0 spiro atoms. The molecule has 0 amide bonds. The predicted molar refractivity (Wildman–Crippen MR) is 74.0 cm³/mol. The van der Waals surface area contributed by atoms with Crippen LogP contribution in [0.3, 0.4) is 0 Å². The second-order valence-corrected chi connectivity index (χ2v) is 5.16. The summed E-state index contributed by atoms with van der Waals surface area (Å²) in [6.45, 7) is 0. The lowest BCUT2D eigenvalue weighted by Crippen LogP contribution is -2.14. The average Bonchev–Trinajstić information content (AvgIpc) is 2.37. The summed E-state index contributed by atoms with van der Waals surface area (Å²) in [7, 11) is 0. The van der Waals surface area contributed by atoms with E-state index >= 15 is 0 Å². The summed E-state index contributed by atoms with van der Waals surface area (Å²) in [6.07, 6.45) is -4.61. The molecule has 0 aliphatic heterocycles. The molecule has 0 bridgehead atoms. The zero-order valence-electron chi connectivity index (χ0n) is 9.84. The molecule has 0 aliphatic carbocycles. The van der Waals surface area contributed by atoms with Crippen molar-refractivity contribution in [3.05, 3.63) is 68.5 Å². The second kappa shape index (κ2) is 5.51. The number of carbonyl (C=O) groups excluding carboxylic acids is 1. The Hall–Kier alpha value is -1.44. The molecule has 2 aromatic carbocycles. The molecule has 20 heavy (non-hydrogen) atoms. The van der Waals surface area contributed by atoms with Crippen LogP contribution in [0.1, 0.15) is 21.5 Å². The Bertz CT molecular complexity index is 664. The Morgan fingerprint density at radius 1 is 1.00 bits per heavy atom. The van der Waals surface area contributed by atoms with Gasteiger partial charge in [0.05, 0.1) is 5.56 Å². The van der Waals surface area contributed by atoms with E-state index in [2.05, 4.69) is 0 Å². The van der Waals surface area contributed by atoms with Gasteiger partial charge >= 0.3 is 6.18 Å². The van der Waals surface area contributed by atoms with E-state index in [0.717, 1.165) is 24.3 Å². The summed E-state index contributed by atoms with van der Waals surface area (Å²) < 4.78 is 51.9. The maximum absolute atomic E-state index is 13.0. The molecule has 0 radical (unpaired) electrons. The molecule has 0 saturated heterocycles. The average molecular weight is 394 g/mol. The summed E-state index contributed by atoms with van der Waals surface area (Å²) in [6, 6.07) is 7.88. The van der Waals surface area contributed by atoms with Crippen LogP contribution in [0.25, 0.3) is 0 Å². The number of hydrogen-bond acceptors (Lipinski definition) is 1. The SMILES string of the molecule is O=C(c1ccc(F)cc1I)c1ccccc1C(F)(F)F. The highest BCUT2D eigenvalue weighted by atomic mass is 127. The van der Waals surface area contributed by atoms with Crippen molar-refractivity contribution < 1.29 is 22.4 Å². The van der Waals surface area contributed by atoms with Gasteiger partial charge in [-0.3, -0.25) is 4.79 Å². The van der Waals surface area contributed by atoms with Crippen LogP contribution in [0.2, 0.25) is 0 Å². The van der Waals surface area contributed by atoms with Crippen molar-refractivity contribution in [3.63, 3.8) is 0 Å². The van der Waals surface area contributed by atoms with Crippen molar-refractivity contribution >= 4 is 28.4 Å². The molecule has 6 heteroatoms. The van der Waals surface area contributed by atoms with E-state index in [9.17, 15) is 22.4 Å². The number of ketones is 1. The Kier molecular flexibility index (Phi) is 4.12. The van der Waals surface area contributed by atoms with E-state index in [-0.39, 0.29) is 9.13 Å². The molecular formula is C14H7F4IO. The van der Waals surface area contributed by atoms with Crippen molar-refractivity contribution in [3.8, 4) is 0 Å². The molecule has 0 unspecified atom stereocenters. The number of alkyl halides is 3. The molecule has 0 atom stereocenters. The third kappa shape index (κ3) is 3.00. The van der Waals surface area contributed by atoms with Crippen LogP contribution >= 0.6 is 22.6 Å². The smallest absolute Gasteiger partial charge is 0.289 e. The fourth-order valence-electron chi connectivity index (χ4n) is 1.75. The highest BCUT2D eigenvalue weighted by molar-refractivity contribution is 14.1. The van der Waals surface area contributed by atoms with Gasteiger partial charge in [-0.2, -0.15) is 13.2 Å². The monoisotopic (exact) mass is 394 g/mol. The van der Waals surface area contributed by atoms with E-state index < -0.39 is 28.9 Å². The Labute approximate surface area is 125 Å². The van der Waals surface area contributed by atoms with E-state index in [0.29, 0.717) is 0 Å². The highest BCUT2D eigenvalue weighted by Crippen LogP contribution is 2.33. The Morgan fingerprint density at radius 3 is 2.25 bits per heavy atom. The topological polar surface area (TPSA) is 17.1 Å². The van der Waals surface area contributed by atoms with Gasteiger partial charge in [-0.05, 0) is 46.9 Å². The van der Waals surface area contributed by atoms with Gasteiger partial charge in [-0.1, -0.05) is 18.2 Å². The lowest BCUT2D eigenvalue weighted by molar-refractivity contribution is -0.137. The first-order valence-corrected chi connectivity index (χ1v) is 6.54. The number of halogens is 5. The van der Waals surface area contributed by atoms with E-state index in [4.69, 9.17) is 0 Å². The Balaban J connectivity index is 2.55. The van der Waals surface area contributed by atoms with Crippen LogP contribution in [-0.4, -0.2) is 5.78 Å². The summed E-state index contributed by atoms with van der Waals surface area (Å²) in [5.74, 6) is -1.32. The summed E-state index contributed by atoms with van der Waals surface area (Å²) in [5.41, 5.74) is -1.39.